The SMILES string of the molecule is COc1cc(/C=C2/NC(=S)N(C3CC3)C2=O)ccc1OC(F)F. The van der Waals surface area contributed by atoms with Gasteiger partial charge in [0, 0.05) is 6.04 Å². The van der Waals surface area contributed by atoms with Crippen LogP contribution in [0.2, 0.25) is 0 Å². The minimum atomic E-state index is -2.93. The topological polar surface area (TPSA) is 50.8 Å². The molecule has 0 aromatic heterocycles. The van der Waals surface area contributed by atoms with Crippen LogP contribution >= 0.6 is 12.2 Å². The van der Waals surface area contributed by atoms with E-state index in [4.69, 9.17) is 17.0 Å². The molecule has 1 aromatic carbocycles. The van der Waals surface area contributed by atoms with E-state index in [9.17, 15) is 13.6 Å². The van der Waals surface area contributed by atoms with Crippen molar-refractivity contribution in [3.05, 3.63) is 29.5 Å². The maximum absolute atomic E-state index is 12.3. The van der Waals surface area contributed by atoms with E-state index >= 15 is 0 Å². The highest BCUT2D eigenvalue weighted by atomic mass is 32.1. The van der Waals surface area contributed by atoms with E-state index in [-0.39, 0.29) is 23.4 Å². The highest BCUT2D eigenvalue weighted by molar-refractivity contribution is 7.80. The number of hydrogen-bond donors (Lipinski definition) is 1. The van der Waals surface area contributed by atoms with Gasteiger partial charge in [-0.25, -0.2) is 0 Å². The van der Waals surface area contributed by atoms with Crippen molar-refractivity contribution in [3.63, 3.8) is 0 Å². The lowest BCUT2D eigenvalue weighted by molar-refractivity contribution is -0.122. The summed E-state index contributed by atoms with van der Waals surface area (Å²) in [5.74, 6) is -0.0819. The van der Waals surface area contributed by atoms with E-state index in [1.165, 1.54) is 19.2 Å². The molecule has 1 saturated carbocycles. The molecule has 23 heavy (non-hydrogen) atoms. The van der Waals surface area contributed by atoms with Crippen molar-refractivity contribution in [1.82, 2.24) is 10.2 Å². The predicted molar refractivity (Wildman–Crippen MR) is 83.2 cm³/mol. The van der Waals surface area contributed by atoms with E-state index in [0.29, 0.717) is 16.4 Å². The molecule has 0 atom stereocenters. The Morgan fingerprint density at radius 2 is 2.13 bits per heavy atom. The van der Waals surface area contributed by atoms with Gasteiger partial charge in [-0.2, -0.15) is 8.78 Å². The number of halogens is 2. The maximum atomic E-state index is 12.3. The summed E-state index contributed by atoms with van der Waals surface area (Å²) in [4.78, 5) is 13.9. The molecule has 0 radical (unpaired) electrons. The highest BCUT2D eigenvalue weighted by Crippen LogP contribution is 2.32. The first-order chi connectivity index (χ1) is 11.0. The monoisotopic (exact) mass is 340 g/mol. The Morgan fingerprint density at radius 3 is 2.74 bits per heavy atom. The van der Waals surface area contributed by atoms with Crippen LogP contribution in [0.5, 0.6) is 11.5 Å². The zero-order valence-electron chi connectivity index (χ0n) is 12.2. The van der Waals surface area contributed by atoms with Crippen LogP contribution in [-0.2, 0) is 4.79 Å². The number of amides is 1. The van der Waals surface area contributed by atoms with Crippen molar-refractivity contribution in [3.8, 4) is 11.5 Å². The molecule has 5 nitrogen and oxygen atoms in total. The summed E-state index contributed by atoms with van der Waals surface area (Å²) in [6, 6.07) is 4.63. The second-order valence-corrected chi connectivity index (χ2v) is 5.57. The van der Waals surface area contributed by atoms with Gasteiger partial charge in [-0.3, -0.25) is 9.69 Å². The van der Waals surface area contributed by atoms with Crippen molar-refractivity contribution in [2.24, 2.45) is 0 Å². The molecule has 122 valence electrons. The smallest absolute Gasteiger partial charge is 0.387 e. The molecular formula is C15H14F2N2O3S. The number of rotatable bonds is 5. The fourth-order valence-electron chi connectivity index (χ4n) is 2.35. The summed E-state index contributed by atoms with van der Waals surface area (Å²) in [5.41, 5.74) is 0.964. The molecule has 2 fully saturated rings. The summed E-state index contributed by atoms with van der Waals surface area (Å²) >= 11 is 5.17. The molecule has 1 heterocycles. The molecule has 8 heteroatoms. The van der Waals surface area contributed by atoms with Crippen molar-refractivity contribution < 1.29 is 23.0 Å². The van der Waals surface area contributed by atoms with Gasteiger partial charge in [0.1, 0.15) is 5.70 Å². The number of nitrogens with one attached hydrogen (secondary N) is 1. The summed E-state index contributed by atoms with van der Waals surface area (Å²) in [6.45, 7) is -2.93. The first-order valence-corrected chi connectivity index (χ1v) is 7.39. The zero-order chi connectivity index (χ0) is 16.6. The predicted octanol–water partition coefficient (Wildman–Crippen LogP) is 2.52. The summed E-state index contributed by atoms with van der Waals surface area (Å²) in [6.07, 6.45) is 3.51. The molecular weight excluding hydrogens is 326 g/mol. The van der Waals surface area contributed by atoms with Crippen LogP contribution < -0.4 is 14.8 Å². The van der Waals surface area contributed by atoms with Crippen LogP contribution in [0.4, 0.5) is 8.78 Å². The Morgan fingerprint density at radius 1 is 1.39 bits per heavy atom. The summed E-state index contributed by atoms with van der Waals surface area (Å²) < 4.78 is 34.0. The van der Waals surface area contributed by atoms with Crippen molar-refractivity contribution in [2.45, 2.75) is 25.5 Å². The number of thiocarbonyl (C=S) groups is 1. The molecule has 1 aliphatic heterocycles. The average molecular weight is 340 g/mol. The Kier molecular flexibility index (Phi) is 4.16. The Hall–Kier alpha value is -2.22. The number of carbonyl (C=O) groups is 1. The normalized spacial score (nSPS) is 19.5. The lowest BCUT2D eigenvalue weighted by atomic mass is 10.1. The third-order valence-electron chi connectivity index (χ3n) is 3.54. The number of carbonyl (C=O) groups excluding carboxylic acids is 1. The van der Waals surface area contributed by atoms with E-state index in [1.54, 1.807) is 17.0 Å². The van der Waals surface area contributed by atoms with Crippen LogP contribution in [-0.4, -0.2) is 35.7 Å². The van der Waals surface area contributed by atoms with Gasteiger partial charge in [0.15, 0.2) is 16.6 Å². The van der Waals surface area contributed by atoms with Gasteiger partial charge in [0.25, 0.3) is 5.91 Å². The van der Waals surface area contributed by atoms with E-state index < -0.39 is 6.61 Å². The number of alkyl halides is 2. The molecule has 1 saturated heterocycles. The molecule has 3 rings (SSSR count). The summed E-state index contributed by atoms with van der Waals surface area (Å²) in [5, 5.41) is 3.28. The average Bonchev–Trinajstić information content (AvgIpc) is 3.28. The molecule has 0 spiro atoms. The number of methoxy groups -OCH3 is 1. The standard InChI is InChI=1S/C15H14F2N2O3S/c1-21-12-7-8(2-5-11(12)22-14(16)17)6-10-13(20)19(9-3-4-9)15(23)18-10/h2,5-7,9,14H,3-4H2,1H3,(H,18,23)/b10-6+. The van der Waals surface area contributed by atoms with E-state index in [0.717, 1.165) is 12.8 Å². The fraction of sp³-hybridized carbons (Fsp3) is 0.333. The minimum absolute atomic E-state index is 0.0644. The van der Waals surface area contributed by atoms with Crippen LogP contribution in [0.15, 0.2) is 23.9 Å². The molecule has 1 N–H and O–H groups in total. The van der Waals surface area contributed by atoms with E-state index in [2.05, 4.69) is 10.1 Å². The van der Waals surface area contributed by atoms with Crippen LogP contribution in [0.1, 0.15) is 18.4 Å². The molecule has 2 aliphatic rings. The minimum Gasteiger partial charge on any atom is -0.493 e. The number of nitrogens with zero attached hydrogens (tertiary/aromatic N) is 1. The molecule has 1 aromatic rings. The number of benzene rings is 1. The van der Waals surface area contributed by atoms with Gasteiger partial charge in [-0.15, -0.1) is 0 Å². The highest BCUT2D eigenvalue weighted by Gasteiger charge is 2.41. The fourth-order valence-corrected chi connectivity index (χ4v) is 2.69. The number of ether oxygens (including phenoxy) is 2. The molecule has 0 unspecified atom stereocenters. The zero-order valence-corrected chi connectivity index (χ0v) is 13.0. The quantitative estimate of drug-likeness (QED) is 0.659. The van der Waals surface area contributed by atoms with Gasteiger partial charge in [-0.05, 0) is 48.8 Å². The first kappa shape index (κ1) is 15.7. The third kappa shape index (κ3) is 3.26. The number of hydrogen-bond acceptors (Lipinski definition) is 4. The Balaban J connectivity index is 1.84. The van der Waals surface area contributed by atoms with Crippen molar-refractivity contribution in [1.29, 1.82) is 0 Å². The first-order valence-electron chi connectivity index (χ1n) is 6.98. The lowest BCUT2D eigenvalue weighted by Gasteiger charge is -2.11. The third-order valence-corrected chi connectivity index (χ3v) is 3.84. The van der Waals surface area contributed by atoms with Crippen molar-refractivity contribution in [2.75, 3.05) is 7.11 Å². The Labute approximate surface area is 136 Å². The maximum Gasteiger partial charge on any atom is 0.387 e. The van der Waals surface area contributed by atoms with E-state index in [1.807, 2.05) is 0 Å². The van der Waals surface area contributed by atoms with Gasteiger partial charge < -0.3 is 14.8 Å². The largest absolute Gasteiger partial charge is 0.493 e. The summed E-state index contributed by atoms with van der Waals surface area (Å²) in [7, 11) is 1.35. The Bertz CT molecular complexity index is 689. The molecule has 0 bridgehead atoms. The lowest BCUT2D eigenvalue weighted by Crippen LogP contribution is -2.32. The van der Waals surface area contributed by atoms with Gasteiger partial charge in [-0.1, -0.05) is 6.07 Å². The molecule has 1 aliphatic carbocycles. The van der Waals surface area contributed by atoms with Crippen LogP contribution in [0, 0.1) is 0 Å². The second kappa shape index (κ2) is 6.11. The van der Waals surface area contributed by atoms with Gasteiger partial charge in [0.05, 0.1) is 7.11 Å². The van der Waals surface area contributed by atoms with Crippen LogP contribution in [0.3, 0.4) is 0 Å². The van der Waals surface area contributed by atoms with Crippen molar-refractivity contribution >= 4 is 29.3 Å². The van der Waals surface area contributed by atoms with Crippen LogP contribution in [0.25, 0.3) is 6.08 Å². The van der Waals surface area contributed by atoms with Gasteiger partial charge in [0.2, 0.25) is 0 Å². The second-order valence-electron chi connectivity index (χ2n) is 5.18. The van der Waals surface area contributed by atoms with Gasteiger partial charge >= 0.3 is 6.61 Å². The molecule has 1 amide bonds.